The van der Waals surface area contributed by atoms with E-state index in [9.17, 15) is 0 Å². The van der Waals surface area contributed by atoms with E-state index >= 15 is 0 Å². The average Bonchev–Trinajstić information content (AvgIpc) is 3.76. The Labute approximate surface area is 282 Å². The van der Waals surface area contributed by atoms with Gasteiger partial charge in [0.1, 0.15) is 11.2 Å². The summed E-state index contributed by atoms with van der Waals surface area (Å²) in [6, 6.07) is 30.1. The van der Waals surface area contributed by atoms with Gasteiger partial charge in [-0.05, 0) is 86.2 Å². The first-order valence-corrected chi connectivity index (χ1v) is 15.8. The minimum absolute atomic E-state index is 0.0145. The first-order chi connectivity index (χ1) is 25.2. The van der Waals surface area contributed by atoms with E-state index in [0.29, 0.717) is 27.9 Å². The van der Waals surface area contributed by atoms with Crippen LogP contribution in [0.1, 0.15) is 35.9 Å². The van der Waals surface area contributed by atoms with Crippen molar-refractivity contribution >= 4 is 56.3 Å². The molecule has 47 heavy (non-hydrogen) atoms. The molecule has 0 amide bonds. The van der Waals surface area contributed by atoms with Crippen molar-refractivity contribution in [1.82, 2.24) is 4.57 Å². The fourth-order valence-electron chi connectivity index (χ4n) is 6.62. The van der Waals surface area contributed by atoms with Crippen LogP contribution in [0.4, 0.5) is 0 Å². The Kier molecular flexibility index (Phi) is 4.87. The lowest BCUT2D eigenvalue weighted by Gasteiger charge is -2.32. The standard InChI is InChI=1S/C42H34BNO3/c1-41(2)42(3,4)47-43(46-41)30-21-22-34-36-26-31(44-37-19-10-8-17-32(37)33-18-9-11-20-38(33)44)25-35(40(36)45-39(34)24-30)29-16-12-15-28(23-29)27-13-6-5-7-14-27/h5-26H,1-4H3/i8D,9D,17D,18D,19D,20D. The van der Waals surface area contributed by atoms with Gasteiger partial charge in [-0.3, -0.25) is 0 Å². The highest BCUT2D eigenvalue weighted by molar-refractivity contribution is 6.62. The van der Waals surface area contributed by atoms with E-state index in [4.69, 9.17) is 22.0 Å². The summed E-state index contributed by atoms with van der Waals surface area (Å²) in [5.41, 5.74) is 5.98. The van der Waals surface area contributed by atoms with Gasteiger partial charge in [-0.1, -0.05) is 97.0 Å². The molecule has 228 valence electrons. The molecule has 2 aromatic heterocycles. The average molecular weight is 618 g/mol. The lowest BCUT2D eigenvalue weighted by Crippen LogP contribution is -2.41. The molecule has 0 radical (unpaired) electrons. The molecule has 0 bridgehead atoms. The van der Waals surface area contributed by atoms with Gasteiger partial charge in [0.25, 0.3) is 0 Å². The van der Waals surface area contributed by atoms with Gasteiger partial charge in [0.2, 0.25) is 0 Å². The van der Waals surface area contributed by atoms with E-state index < -0.39 is 18.3 Å². The monoisotopic (exact) mass is 617 g/mol. The smallest absolute Gasteiger partial charge is 0.455 e. The summed E-state index contributed by atoms with van der Waals surface area (Å²) in [5, 5.41) is 2.05. The van der Waals surface area contributed by atoms with Crippen LogP contribution < -0.4 is 5.46 Å². The molecule has 5 heteroatoms. The van der Waals surface area contributed by atoms with E-state index in [1.54, 1.807) is 4.57 Å². The number of benzene rings is 6. The lowest BCUT2D eigenvalue weighted by molar-refractivity contribution is 0.00578. The number of rotatable bonds is 4. The fourth-order valence-corrected chi connectivity index (χ4v) is 6.62. The number of furan rings is 1. The summed E-state index contributed by atoms with van der Waals surface area (Å²) in [7, 11) is -0.583. The van der Waals surface area contributed by atoms with Gasteiger partial charge in [-0.15, -0.1) is 0 Å². The number of para-hydroxylation sites is 2. The van der Waals surface area contributed by atoms with E-state index in [-0.39, 0.29) is 47.0 Å². The first kappa shape index (κ1) is 22.4. The Balaban J connectivity index is 1.36. The molecule has 0 saturated carbocycles. The van der Waals surface area contributed by atoms with Crippen molar-refractivity contribution in [2.75, 3.05) is 0 Å². The lowest BCUT2D eigenvalue weighted by atomic mass is 9.79. The zero-order valence-corrected chi connectivity index (χ0v) is 26.5. The van der Waals surface area contributed by atoms with Gasteiger partial charge >= 0.3 is 7.12 Å². The molecule has 6 aromatic carbocycles. The third kappa shape index (κ3) is 4.38. The first-order valence-electron chi connectivity index (χ1n) is 18.8. The van der Waals surface area contributed by atoms with E-state index in [1.165, 1.54) is 12.1 Å². The quantitative estimate of drug-likeness (QED) is 0.184. The third-order valence-corrected chi connectivity index (χ3v) is 9.77. The van der Waals surface area contributed by atoms with Crippen LogP contribution >= 0.6 is 0 Å². The fraction of sp³-hybridized carbons (Fsp3) is 0.143. The Morgan fingerprint density at radius 3 is 1.96 bits per heavy atom. The molecule has 4 nitrogen and oxygen atoms in total. The molecule has 8 aromatic rings. The molecule has 9 rings (SSSR count). The van der Waals surface area contributed by atoms with Crippen molar-refractivity contribution < 1.29 is 22.0 Å². The summed E-state index contributed by atoms with van der Waals surface area (Å²) in [4.78, 5) is 0. The SMILES string of the molecule is [2H]c1cc([2H])c2c(c1[2H])c1c([2H])c([2H])cc([2H])c1n2-c1cc(-c2cccc(-c3ccccc3)c2)c2oc3cc(B4OC(C)(C)C(C)(C)O4)ccc3c2c1. The van der Waals surface area contributed by atoms with Crippen molar-refractivity contribution in [3.63, 3.8) is 0 Å². The van der Waals surface area contributed by atoms with Crippen LogP contribution in [0, 0.1) is 0 Å². The maximum atomic E-state index is 9.05. The van der Waals surface area contributed by atoms with Crippen LogP contribution in [-0.2, 0) is 9.31 Å². The maximum absolute atomic E-state index is 9.05. The Morgan fingerprint density at radius 1 is 0.596 bits per heavy atom. The number of hydrogen-bond acceptors (Lipinski definition) is 3. The normalized spacial score (nSPS) is 17.6. The summed E-state index contributed by atoms with van der Waals surface area (Å²) >= 11 is 0. The van der Waals surface area contributed by atoms with Crippen molar-refractivity contribution in [2.45, 2.75) is 38.9 Å². The second-order valence-corrected chi connectivity index (χ2v) is 13.2. The van der Waals surface area contributed by atoms with Crippen LogP contribution in [0.25, 0.3) is 71.7 Å². The zero-order chi connectivity index (χ0) is 37.1. The molecular weight excluding hydrogens is 577 g/mol. The van der Waals surface area contributed by atoms with Crippen LogP contribution in [0.3, 0.4) is 0 Å². The molecule has 3 heterocycles. The number of hydrogen-bond donors (Lipinski definition) is 0. The van der Waals surface area contributed by atoms with Crippen molar-refractivity contribution in [2.24, 2.45) is 0 Å². The molecule has 1 aliphatic heterocycles. The highest BCUT2D eigenvalue weighted by Gasteiger charge is 2.51. The van der Waals surface area contributed by atoms with E-state index in [2.05, 4.69) is 24.3 Å². The molecular formula is C42H34BNO3. The molecule has 0 N–H and O–H groups in total. The highest BCUT2D eigenvalue weighted by Crippen LogP contribution is 2.42. The van der Waals surface area contributed by atoms with E-state index in [0.717, 1.165) is 38.5 Å². The van der Waals surface area contributed by atoms with Gasteiger partial charge in [0, 0.05) is 32.8 Å². The molecule has 0 atom stereocenters. The predicted octanol–water partition coefficient (Wildman–Crippen LogP) is 10.3. The molecule has 0 aliphatic carbocycles. The van der Waals surface area contributed by atoms with Crippen molar-refractivity contribution in [1.29, 1.82) is 0 Å². The molecule has 0 unspecified atom stereocenters. The van der Waals surface area contributed by atoms with Crippen LogP contribution in [0.5, 0.6) is 0 Å². The summed E-state index contributed by atoms with van der Waals surface area (Å²) in [5.74, 6) is 0. The third-order valence-electron chi connectivity index (χ3n) is 9.77. The Hall–Kier alpha value is -5.10. The molecule has 0 spiro atoms. The largest absolute Gasteiger partial charge is 0.494 e. The predicted molar refractivity (Wildman–Crippen MR) is 195 cm³/mol. The molecule has 1 aliphatic rings. The summed E-state index contributed by atoms with van der Waals surface area (Å²) in [6.07, 6.45) is 0. The van der Waals surface area contributed by atoms with Gasteiger partial charge in [-0.25, -0.2) is 0 Å². The molecule has 1 saturated heterocycles. The van der Waals surface area contributed by atoms with Gasteiger partial charge in [-0.2, -0.15) is 0 Å². The molecule has 1 fully saturated rings. The van der Waals surface area contributed by atoms with Crippen LogP contribution in [0.2, 0.25) is 0 Å². The Bertz CT molecular complexity index is 2740. The second-order valence-electron chi connectivity index (χ2n) is 13.2. The minimum atomic E-state index is -0.583. The van der Waals surface area contributed by atoms with E-state index in [1.807, 2.05) is 88.4 Å². The van der Waals surface area contributed by atoms with Crippen molar-refractivity contribution in [3.05, 3.63) is 133 Å². The Morgan fingerprint density at radius 2 is 1.26 bits per heavy atom. The summed E-state index contributed by atoms with van der Waals surface area (Å²) < 4.78 is 74.0. The van der Waals surface area contributed by atoms with Gasteiger partial charge in [0.05, 0.1) is 30.5 Å². The maximum Gasteiger partial charge on any atom is 0.494 e. The van der Waals surface area contributed by atoms with Crippen LogP contribution in [0.15, 0.2) is 138 Å². The number of aromatic nitrogens is 1. The van der Waals surface area contributed by atoms with Crippen molar-refractivity contribution in [3.8, 4) is 27.9 Å². The van der Waals surface area contributed by atoms with Crippen LogP contribution in [-0.4, -0.2) is 22.9 Å². The number of fused-ring (bicyclic) bond motifs is 6. The highest BCUT2D eigenvalue weighted by atomic mass is 16.7. The van der Waals surface area contributed by atoms with Gasteiger partial charge < -0.3 is 18.3 Å². The zero-order valence-electron chi connectivity index (χ0n) is 32.5. The number of nitrogens with zero attached hydrogens (tertiary/aromatic N) is 1. The van der Waals surface area contributed by atoms with Gasteiger partial charge in [0.15, 0.2) is 0 Å². The topological polar surface area (TPSA) is 36.5 Å². The second kappa shape index (κ2) is 10.2. The summed E-state index contributed by atoms with van der Waals surface area (Å²) in [6.45, 7) is 8.08. The minimum Gasteiger partial charge on any atom is -0.455 e.